The third-order valence-corrected chi connectivity index (χ3v) is 2.63. The standard InChI is InChI=1S/C13H10ClNO3/c14-10-3-1-2-4-12(10)18-8-5-6-9(13(16)17)11(15)7-8/h1-7H,15H2,(H,16,17). The highest BCUT2D eigenvalue weighted by molar-refractivity contribution is 6.32. The summed E-state index contributed by atoms with van der Waals surface area (Å²) in [5.74, 6) is -0.149. The SMILES string of the molecule is Nc1cc(Oc2ccccc2Cl)ccc1C(=O)O. The number of carbonyl (C=O) groups is 1. The van der Waals surface area contributed by atoms with E-state index in [1.165, 1.54) is 18.2 Å². The molecule has 0 saturated heterocycles. The smallest absolute Gasteiger partial charge is 0.337 e. The van der Waals surface area contributed by atoms with Gasteiger partial charge in [0, 0.05) is 11.8 Å². The van der Waals surface area contributed by atoms with Gasteiger partial charge in [-0.15, -0.1) is 0 Å². The maximum absolute atomic E-state index is 10.8. The second-order valence-corrected chi connectivity index (χ2v) is 3.99. The van der Waals surface area contributed by atoms with E-state index in [0.29, 0.717) is 16.5 Å². The lowest BCUT2D eigenvalue weighted by molar-refractivity contribution is 0.0698. The lowest BCUT2D eigenvalue weighted by Gasteiger charge is -2.08. The maximum atomic E-state index is 10.8. The summed E-state index contributed by atoms with van der Waals surface area (Å²) in [6.45, 7) is 0. The number of aromatic carboxylic acids is 1. The number of nitrogens with two attached hydrogens (primary N) is 1. The molecule has 0 atom stereocenters. The molecule has 4 nitrogen and oxygen atoms in total. The van der Waals surface area contributed by atoms with Gasteiger partial charge >= 0.3 is 5.97 Å². The molecule has 0 bridgehead atoms. The molecular formula is C13H10ClNO3. The number of carboxylic acids is 1. The van der Waals surface area contributed by atoms with Crippen LogP contribution in [0.15, 0.2) is 42.5 Å². The highest BCUT2D eigenvalue weighted by Gasteiger charge is 2.09. The number of hydrogen-bond donors (Lipinski definition) is 2. The molecule has 0 spiro atoms. The number of benzene rings is 2. The van der Waals surface area contributed by atoms with Gasteiger partial charge in [0.1, 0.15) is 11.5 Å². The zero-order chi connectivity index (χ0) is 13.1. The van der Waals surface area contributed by atoms with Crippen LogP contribution in [-0.4, -0.2) is 11.1 Å². The molecule has 0 aliphatic heterocycles. The Balaban J connectivity index is 2.29. The minimum atomic E-state index is -1.07. The van der Waals surface area contributed by atoms with Gasteiger partial charge in [-0.05, 0) is 24.3 Å². The van der Waals surface area contributed by atoms with E-state index < -0.39 is 5.97 Å². The van der Waals surface area contributed by atoms with Crippen LogP contribution in [0.5, 0.6) is 11.5 Å². The first-order valence-electron chi connectivity index (χ1n) is 5.13. The third-order valence-electron chi connectivity index (χ3n) is 2.32. The highest BCUT2D eigenvalue weighted by atomic mass is 35.5. The topological polar surface area (TPSA) is 72.5 Å². The van der Waals surface area contributed by atoms with Gasteiger partial charge < -0.3 is 15.6 Å². The molecule has 5 heteroatoms. The fraction of sp³-hybridized carbons (Fsp3) is 0. The van der Waals surface area contributed by atoms with Crippen LogP contribution in [0.2, 0.25) is 5.02 Å². The number of hydrogen-bond acceptors (Lipinski definition) is 3. The minimum Gasteiger partial charge on any atom is -0.478 e. The van der Waals surface area contributed by atoms with E-state index in [1.54, 1.807) is 24.3 Å². The van der Waals surface area contributed by atoms with Crippen molar-refractivity contribution in [3.8, 4) is 11.5 Å². The Bertz CT molecular complexity index is 599. The molecule has 0 fully saturated rings. The second-order valence-electron chi connectivity index (χ2n) is 3.59. The Hall–Kier alpha value is -2.20. The van der Waals surface area contributed by atoms with Gasteiger partial charge in [0.05, 0.1) is 10.6 Å². The summed E-state index contributed by atoms with van der Waals surface area (Å²) in [6, 6.07) is 11.4. The number of carboxylic acid groups (broad SMARTS) is 1. The van der Waals surface area contributed by atoms with Crippen molar-refractivity contribution in [2.24, 2.45) is 0 Å². The van der Waals surface area contributed by atoms with E-state index >= 15 is 0 Å². The van der Waals surface area contributed by atoms with Crippen LogP contribution < -0.4 is 10.5 Å². The van der Waals surface area contributed by atoms with Crippen molar-refractivity contribution in [2.45, 2.75) is 0 Å². The van der Waals surface area contributed by atoms with Crippen molar-refractivity contribution in [2.75, 3.05) is 5.73 Å². The molecule has 2 aromatic rings. The summed E-state index contributed by atoms with van der Waals surface area (Å²) < 4.78 is 5.52. The third kappa shape index (κ3) is 2.55. The molecule has 0 radical (unpaired) electrons. The lowest BCUT2D eigenvalue weighted by atomic mass is 10.2. The molecule has 3 N–H and O–H groups in total. The number of para-hydroxylation sites is 1. The molecule has 0 aliphatic carbocycles. The van der Waals surface area contributed by atoms with Gasteiger partial charge in [0.2, 0.25) is 0 Å². The molecular weight excluding hydrogens is 254 g/mol. The van der Waals surface area contributed by atoms with Crippen molar-refractivity contribution in [3.05, 3.63) is 53.1 Å². The summed E-state index contributed by atoms with van der Waals surface area (Å²) in [6.07, 6.45) is 0. The van der Waals surface area contributed by atoms with E-state index in [0.717, 1.165) is 0 Å². The Morgan fingerprint density at radius 3 is 2.56 bits per heavy atom. The van der Waals surface area contributed by atoms with Crippen LogP contribution in [0.4, 0.5) is 5.69 Å². The molecule has 0 heterocycles. The first-order chi connectivity index (χ1) is 8.58. The average Bonchev–Trinajstić information content (AvgIpc) is 2.32. The first-order valence-corrected chi connectivity index (χ1v) is 5.51. The van der Waals surface area contributed by atoms with Crippen LogP contribution in [-0.2, 0) is 0 Å². The van der Waals surface area contributed by atoms with Gasteiger partial charge in [-0.25, -0.2) is 4.79 Å². The minimum absolute atomic E-state index is 0.0431. The predicted octanol–water partition coefficient (Wildman–Crippen LogP) is 3.41. The molecule has 92 valence electrons. The van der Waals surface area contributed by atoms with Gasteiger partial charge in [-0.2, -0.15) is 0 Å². The summed E-state index contributed by atoms with van der Waals surface area (Å²) in [4.78, 5) is 10.8. The summed E-state index contributed by atoms with van der Waals surface area (Å²) in [7, 11) is 0. The highest BCUT2D eigenvalue weighted by Crippen LogP contribution is 2.30. The number of ether oxygens (including phenoxy) is 1. The zero-order valence-corrected chi connectivity index (χ0v) is 10.0. The maximum Gasteiger partial charge on any atom is 0.337 e. The molecule has 0 saturated carbocycles. The fourth-order valence-corrected chi connectivity index (χ4v) is 1.63. The molecule has 2 aromatic carbocycles. The van der Waals surface area contributed by atoms with E-state index in [2.05, 4.69) is 0 Å². The largest absolute Gasteiger partial charge is 0.478 e. The van der Waals surface area contributed by atoms with E-state index in [9.17, 15) is 4.79 Å². The Labute approximate surface area is 109 Å². The number of anilines is 1. The van der Waals surface area contributed by atoms with Gasteiger partial charge in [-0.1, -0.05) is 23.7 Å². The van der Waals surface area contributed by atoms with Crippen LogP contribution >= 0.6 is 11.6 Å². The molecule has 0 unspecified atom stereocenters. The number of nitrogen functional groups attached to an aromatic ring is 1. The molecule has 18 heavy (non-hydrogen) atoms. The van der Waals surface area contributed by atoms with E-state index in [1.807, 2.05) is 0 Å². The second kappa shape index (κ2) is 4.98. The van der Waals surface area contributed by atoms with Crippen molar-refractivity contribution in [1.29, 1.82) is 0 Å². The Kier molecular flexibility index (Phi) is 3.39. The van der Waals surface area contributed by atoms with E-state index in [-0.39, 0.29) is 11.3 Å². The van der Waals surface area contributed by atoms with Crippen molar-refractivity contribution < 1.29 is 14.6 Å². The van der Waals surface area contributed by atoms with Crippen molar-refractivity contribution in [1.82, 2.24) is 0 Å². The Morgan fingerprint density at radius 1 is 1.22 bits per heavy atom. The fourth-order valence-electron chi connectivity index (χ4n) is 1.45. The number of halogens is 1. The van der Waals surface area contributed by atoms with E-state index in [4.69, 9.17) is 27.2 Å². The molecule has 0 aliphatic rings. The normalized spacial score (nSPS) is 10.1. The lowest BCUT2D eigenvalue weighted by Crippen LogP contribution is -2.02. The van der Waals surface area contributed by atoms with Crippen LogP contribution in [0, 0.1) is 0 Å². The zero-order valence-electron chi connectivity index (χ0n) is 9.26. The molecule has 0 amide bonds. The van der Waals surface area contributed by atoms with Crippen LogP contribution in [0.3, 0.4) is 0 Å². The summed E-state index contributed by atoms with van der Waals surface area (Å²) in [5, 5.41) is 9.32. The predicted molar refractivity (Wildman–Crippen MR) is 69.3 cm³/mol. The monoisotopic (exact) mass is 263 g/mol. The van der Waals surface area contributed by atoms with Crippen molar-refractivity contribution >= 4 is 23.3 Å². The van der Waals surface area contributed by atoms with Gasteiger partial charge in [-0.3, -0.25) is 0 Å². The quantitative estimate of drug-likeness (QED) is 0.833. The van der Waals surface area contributed by atoms with Gasteiger partial charge in [0.25, 0.3) is 0 Å². The summed E-state index contributed by atoms with van der Waals surface area (Å²) in [5.41, 5.74) is 5.81. The van der Waals surface area contributed by atoms with Crippen LogP contribution in [0.1, 0.15) is 10.4 Å². The van der Waals surface area contributed by atoms with Crippen molar-refractivity contribution in [3.63, 3.8) is 0 Å². The molecule has 2 rings (SSSR count). The number of rotatable bonds is 3. The molecule has 0 aromatic heterocycles. The average molecular weight is 264 g/mol. The van der Waals surface area contributed by atoms with Gasteiger partial charge in [0.15, 0.2) is 0 Å². The van der Waals surface area contributed by atoms with Crippen LogP contribution in [0.25, 0.3) is 0 Å². The Morgan fingerprint density at radius 2 is 1.94 bits per heavy atom. The first kappa shape index (κ1) is 12.3. The summed E-state index contributed by atoms with van der Waals surface area (Å²) >= 11 is 5.95.